The van der Waals surface area contributed by atoms with Crippen molar-refractivity contribution in [1.29, 1.82) is 0 Å². The molecule has 3 aromatic rings. The van der Waals surface area contributed by atoms with Gasteiger partial charge in [-0.25, -0.2) is 8.42 Å². The topological polar surface area (TPSA) is 86.8 Å². The average molecular weight is 587 g/mol. The fourth-order valence-electron chi connectivity index (χ4n) is 3.88. The molecule has 0 aliphatic carbocycles. The van der Waals surface area contributed by atoms with Gasteiger partial charge in [0, 0.05) is 17.6 Å². The van der Waals surface area contributed by atoms with Crippen LogP contribution in [0.5, 0.6) is 0 Å². The van der Waals surface area contributed by atoms with Crippen LogP contribution >= 0.6 is 15.9 Å². The van der Waals surface area contributed by atoms with E-state index in [1.54, 1.807) is 44.2 Å². The summed E-state index contributed by atoms with van der Waals surface area (Å²) in [4.78, 5) is 28.0. The molecule has 0 bridgehead atoms. The molecule has 1 atom stereocenters. The van der Waals surface area contributed by atoms with E-state index in [1.165, 1.54) is 17.0 Å². The Morgan fingerprint density at radius 1 is 0.919 bits per heavy atom. The number of halogens is 1. The van der Waals surface area contributed by atoms with Gasteiger partial charge in [0.1, 0.15) is 12.6 Å². The molecule has 0 radical (unpaired) electrons. The maximum atomic E-state index is 13.8. The van der Waals surface area contributed by atoms with E-state index in [1.807, 2.05) is 43.3 Å². The van der Waals surface area contributed by atoms with Crippen LogP contribution in [0.25, 0.3) is 0 Å². The van der Waals surface area contributed by atoms with Gasteiger partial charge in [0.15, 0.2) is 0 Å². The number of likely N-dealkylation sites (N-methyl/N-ethyl adjacent to an activating group) is 1. The summed E-state index contributed by atoms with van der Waals surface area (Å²) in [5.41, 5.74) is 2.24. The molecule has 0 unspecified atom stereocenters. The van der Waals surface area contributed by atoms with Crippen molar-refractivity contribution in [2.75, 3.05) is 17.4 Å². The molecule has 0 heterocycles. The third-order valence-electron chi connectivity index (χ3n) is 6.00. The zero-order chi connectivity index (χ0) is 27.0. The second-order valence-corrected chi connectivity index (χ2v) is 11.3. The van der Waals surface area contributed by atoms with E-state index in [0.29, 0.717) is 12.2 Å². The molecule has 0 spiro atoms. The molecule has 196 valence electrons. The monoisotopic (exact) mass is 585 g/mol. The number of sulfonamides is 1. The standard InChI is InChI=1S/C28H32BrN3O4S/c1-4-22-14-16-25(17-15-22)32(37(35,36)26-12-7-6-8-13-26)20-27(33)31(21(3)28(34)30-5-2)19-23-10-9-11-24(29)18-23/h6-18,21H,4-5,19-20H2,1-3H3,(H,30,34)/t21-/m1/s1. The summed E-state index contributed by atoms with van der Waals surface area (Å²) >= 11 is 3.44. The second-order valence-electron chi connectivity index (χ2n) is 8.57. The third-order valence-corrected chi connectivity index (χ3v) is 8.28. The number of hydrogen-bond acceptors (Lipinski definition) is 4. The Balaban J connectivity index is 2.02. The van der Waals surface area contributed by atoms with Crippen LogP contribution in [0, 0.1) is 0 Å². The maximum Gasteiger partial charge on any atom is 0.264 e. The minimum Gasteiger partial charge on any atom is -0.355 e. The highest BCUT2D eigenvalue weighted by atomic mass is 79.9. The Morgan fingerprint density at radius 3 is 2.19 bits per heavy atom. The predicted octanol–water partition coefficient (Wildman–Crippen LogP) is 4.76. The third kappa shape index (κ3) is 7.20. The Morgan fingerprint density at radius 2 is 1.59 bits per heavy atom. The molecule has 0 fully saturated rings. The van der Waals surface area contributed by atoms with E-state index in [0.717, 1.165) is 26.3 Å². The number of carbonyl (C=O) groups is 2. The fourth-order valence-corrected chi connectivity index (χ4v) is 5.76. The molecule has 3 aromatic carbocycles. The van der Waals surface area contributed by atoms with Crippen molar-refractivity contribution in [3.63, 3.8) is 0 Å². The molecule has 3 rings (SSSR count). The van der Waals surface area contributed by atoms with Crippen LogP contribution in [0.3, 0.4) is 0 Å². The minimum absolute atomic E-state index is 0.0812. The summed E-state index contributed by atoms with van der Waals surface area (Å²) < 4.78 is 29.4. The van der Waals surface area contributed by atoms with E-state index >= 15 is 0 Å². The van der Waals surface area contributed by atoms with Gasteiger partial charge in [0.05, 0.1) is 10.6 Å². The molecule has 1 N–H and O–H groups in total. The van der Waals surface area contributed by atoms with Crippen molar-refractivity contribution in [1.82, 2.24) is 10.2 Å². The summed E-state index contributed by atoms with van der Waals surface area (Å²) in [7, 11) is -4.06. The van der Waals surface area contributed by atoms with Crippen LogP contribution < -0.4 is 9.62 Å². The molecule has 2 amide bonds. The van der Waals surface area contributed by atoms with Crippen LogP contribution in [0.15, 0.2) is 88.2 Å². The average Bonchev–Trinajstić information content (AvgIpc) is 2.90. The van der Waals surface area contributed by atoms with Gasteiger partial charge in [0.2, 0.25) is 11.8 Å². The quantitative estimate of drug-likeness (QED) is 0.351. The van der Waals surface area contributed by atoms with Gasteiger partial charge >= 0.3 is 0 Å². The first-order chi connectivity index (χ1) is 17.7. The van der Waals surface area contributed by atoms with E-state index in [2.05, 4.69) is 21.2 Å². The summed E-state index contributed by atoms with van der Waals surface area (Å²) in [6, 6.07) is 21.8. The number of aryl methyl sites for hydroxylation is 1. The Bertz CT molecular complexity index is 1310. The van der Waals surface area contributed by atoms with Gasteiger partial charge in [-0.15, -0.1) is 0 Å². The maximum absolute atomic E-state index is 13.8. The van der Waals surface area contributed by atoms with E-state index < -0.39 is 28.5 Å². The van der Waals surface area contributed by atoms with Gasteiger partial charge in [0.25, 0.3) is 10.0 Å². The van der Waals surface area contributed by atoms with Crippen LogP contribution in [0.4, 0.5) is 5.69 Å². The van der Waals surface area contributed by atoms with Crippen LogP contribution in [0.2, 0.25) is 0 Å². The van der Waals surface area contributed by atoms with Crippen molar-refractivity contribution in [2.45, 2.75) is 44.7 Å². The van der Waals surface area contributed by atoms with E-state index in [-0.39, 0.29) is 17.3 Å². The Kier molecular flexibility index (Phi) is 9.88. The van der Waals surface area contributed by atoms with E-state index in [4.69, 9.17) is 0 Å². The molecule has 9 heteroatoms. The van der Waals surface area contributed by atoms with Gasteiger partial charge in [-0.2, -0.15) is 0 Å². The summed E-state index contributed by atoms with van der Waals surface area (Å²) in [6.07, 6.45) is 0.801. The normalized spacial score (nSPS) is 12.0. The number of amides is 2. The molecule has 0 aliphatic heterocycles. The number of rotatable bonds is 11. The lowest BCUT2D eigenvalue weighted by molar-refractivity contribution is -0.139. The van der Waals surface area contributed by atoms with Crippen molar-refractivity contribution >= 4 is 43.5 Å². The molecule has 37 heavy (non-hydrogen) atoms. The van der Waals surface area contributed by atoms with Crippen molar-refractivity contribution in [3.8, 4) is 0 Å². The SMILES string of the molecule is CCNC(=O)[C@@H](C)N(Cc1cccc(Br)c1)C(=O)CN(c1ccc(CC)cc1)S(=O)(=O)c1ccccc1. The summed E-state index contributed by atoms with van der Waals surface area (Å²) in [5.74, 6) is -0.798. The smallest absolute Gasteiger partial charge is 0.264 e. The zero-order valence-corrected chi connectivity index (χ0v) is 23.6. The summed E-state index contributed by atoms with van der Waals surface area (Å²) in [5, 5.41) is 2.76. The zero-order valence-electron chi connectivity index (χ0n) is 21.2. The molecular formula is C28H32BrN3O4S. The molecule has 7 nitrogen and oxygen atoms in total. The molecule has 0 aliphatic rings. The van der Waals surface area contributed by atoms with Crippen molar-refractivity contribution in [2.24, 2.45) is 0 Å². The van der Waals surface area contributed by atoms with Crippen molar-refractivity contribution in [3.05, 3.63) is 94.5 Å². The van der Waals surface area contributed by atoms with Crippen LogP contribution in [-0.4, -0.2) is 44.3 Å². The number of carbonyl (C=O) groups excluding carboxylic acids is 2. The number of nitrogens with one attached hydrogen (secondary N) is 1. The lowest BCUT2D eigenvalue weighted by atomic mass is 10.1. The summed E-state index contributed by atoms with van der Waals surface area (Å²) in [6.45, 7) is 5.57. The van der Waals surface area contributed by atoms with Crippen molar-refractivity contribution < 1.29 is 18.0 Å². The molecule has 0 saturated carbocycles. The lowest BCUT2D eigenvalue weighted by Gasteiger charge is -2.32. The highest BCUT2D eigenvalue weighted by Gasteiger charge is 2.32. The molecular weight excluding hydrogens is 554 g/mol. The highest BCUT2D eigenvalue weighted by molar-refractivity contribution is 9.10. The van der Waals surface area contributed by atoms with Gasteiger partial charge in [-0.1, -0.05) is 65.3 Å². The highest BCUT2D eigenvalue weighted by Crippen LogP contribution is 2.25. The van der Waals surface area contributed by atoms with Gasteiger partial charge in [-0.05, 0) is 67.8 Å². The first-order valence-electron chi connectivity index (χ1n) is 12.2. The van der Waals surface area contributed by atoms with E-state index in [9.17, 15) is 18.0 Å². The van der Waals surface area contributed by atoms with Crippen LogP contribution in [0.1, 0.15) is 31.9 Å². The molecule has 0 saturated heterocycles. The lowest BCUT2D eigenvalue weighted by Crippen LogP contribution is -2.51. The first kappa shape index (κ1) is 28.4. The number of anilines is 1. The fraction of sp³-hybridized carbons (Fsp3) is 0.286. The predicted molar refractivity (Wildman–Crippen MR) is 150 cm³/mol. The largest absolute Gasteiger partial charge is 0.355 e. The van der Waals surface area contributed by atoms with Gasteiger partial charge in [-0.3, -0.25) is 13.9 Å². The molecule has 0 aromatic heterocycles. The Hall–Kier alpha value is -3.17. The number of nitrogens with zero attached hydrogens (tertiary/aromatic N) is 2. The number of benzene rings is 3. The minimum atomic E-state index is -4.06. The van der Waals surface area contributed by atoms with Gasteiger partial charge < -0.3 is 10.2 Å². The first-order valence-corrected chi connectivity index (χ1v) is 14.4. The Labute approximate surface area is 227 Å². The van der Waals surface area contributed by atoms with Crippen LogP contribution in [-0.2, 0) is 32.6 Å². The second kappa shape index (κ2) is 12.9. The number of hydrogen-bond donors (Lipinski definition) is 1.